The quantitative estimate of drug-likeness (QED) is 0.702. The van der Waals surface area contributed by atoms with Crippen LogP contribution in [-0.4, -0.2) is 41.5 Å². The van der Waals surface area contributed by atoms with E-state index in [9.17, 15) is 4.79 Å². The molecule has 3 fully saturated rings. The van der Waals surface area contributed by atoms with Gasteiger partial charge in [0.2, 0.25) is 5.91 Å². The van der Waals surface area contributed by atoms with E-state index in [0.717, 1.165) is 25.8 Å². The average molecular weight is 237 g/mol. The molecular weight excluding hydrogens is 214 g/mol. The predicted octanol–water partition coefficient (Wildman–Crippen LogP) is 0.609. The van der Waals surface area contributed by atoms with Crippen LogP contribution in [0.4, 0.5) is 0 Å². The Hall–Kier alpha value is -0.610. The molecule has 4 heteroatoms. The summed E-state index contributed by atoms with van der Waals surface area (Å²) in [5.41, 5.74) is 6.14. The molecule has 0 aliphatic carbocycles. The van der Waals surface area contributed by atoms with Gasteiger partial charge in [0.25, 0.3) is 0 Å². The molecule has 3 atom stereocenters. The molecule has 3 unspecified atom stereocenters. The van der Waals surface area contributed by atoms with E-state index >= 15 is 0 Å². The molecule has 3 aliphatic heterocycles. The largest absolute Gasteiger partial charge is 0.355 e. The molecule has 0 saturated carbocycles. The average Bonchev–Trinajstić information content (AvgIpc) is 2.29. The maximum absolute atomic E-state index is 11.2. The fourth-order valence-electron chi connectivity index (χ4n) is 4.03. The van der Waals surface area contributed by atoms with Gasteiger partial charge in [-0.1, -0.05) is 6.42 Å². The van der Waals surface area contributed by atoms with Gasteiger partial charge in [0.1, 0.15) is 0 Å². The van der Waals surface area contributed by atoms with E-state index in [1.165, 1.54) is 19.3 Å². The summed E-state index contributed by atoms with van der Waals surface area (Å²) in [5, 5.41) is 3.02. The minimum absolute atomic E-state index is 0.222. The minimum Gasteiger partial charge on any atom is -0.355 e. The Morgan fingerprint density at radius 1 is 1.12 bits per heavy atom. The first-order valence-corrected chi connectivity index (χ1v) is 7.04. The Balaban J connectivity index is 1.71. The van der Waals surface area contributed by atoms with Crippen LogP contribution in [0.25, 0.3) is 0 Å². The van der Waals surface area contributed by atoms with Gasteiger partial charge >= 0.3 is 0 Å². The van der Waals surface area contributed by atoms with Gasteiger partial charge in [-0.05, 0) is 32.1 Å². The van der Waals surface area contributed by atoms with Gasteiger partial charge in [0.05, 0.1) is 0 Å². The number of piperidine rings is 3. The minimum atomic E-state index is 0.222. The summed E-state index contributed by atoms with van der Waals surface area (Å²) in [6, 6.07) is 2.32. The van der Waals surface area contributed by atoms with Gasteiger partial charge in [0.15, 0.2) is 0 Å². The molecule has 0 spiro atoms. The van der Waals surface area contributed by atoms with Crippen LogP contribution in [0.5, 0.6) is 0 Å². The molecule has 3 N–H and O–H groups in total. The van der Waals surface area contributed by atoms with Gasteiger partial charge in [-0.15, -0.1) is 0 Å². The summed E-state index contributed by atoms with van der Waals surface area (Å²) in [6.45, 7) is 0.848. The smallest absolute Gasteiger partial charge is 0.220 e. The highest BCUT2D eigenvalue weighted by atomic mass is 16.1. The van der Waals surface area contributed by atoms with E-state index in [-0.39, 0.29) is 5.91 Å². The molecule has 0 aromatic carbocycles. The van der Waals surface area contributed by atoms with Crippen LogP contribution in [0.2, 0.25) is 0 Å². The van der Waals surface area contributed by atoms with Crippen LogP contribution in [0.1, 0.15) is 44.9 Å². The second kappa shape index (κ2) is 4.58. The SMILES string of the molecule is NC1CC2CCCC(C1)N2C1CCC(=O)NC1. The summed E-state index contributed by atoms with van der Waals surface area (Å²) in [7, 11) is 0. The molecule has 3 heterocycles. The molecule has 96 valence electrons. The summed E-state index contributed by atoms with van der Waals surface area (Å²) in [4.78, 5) is 13.9. The first kappa shape index (κ1) is 11.5. The van der Waals surface area contributed by atoms with Gasteiger partial charge in [-0.3, -0.25) is 9.69 Å². The first-order valence-electron chi connectivity index (χ1n) is 7.04. The number of nitrogens with one attached hydrogen (secondary N) is 1. The first-order chi connectivity index (χ1) is 8.24. The van der Waals surface area contributed by atoms with Crippen molar-refractivity contribution in [2.45, 2.75) is 69.1 Å². The predicted molar refractivity (Wildman–Crippen MR) is 66.5 cm³/mol. The van der Waals surface area contributed by atoms with Crippen molar-refractivity contribution < 1.29 is 4.79 Å². The lowest BCUT2D eigenvalue weighted by atomic mass is 9.80. The number of carbonyl (C=O) groups excluding carboxylic acids is 1. The van der Waals surface area contributed by atoms with Crippen LogP contribution >= 0.6 is 0 Å². The number of carbonyl (C=O) groups is 1. The van der Waals surface area contributed by atoms with Gasteiger partial charge < -0.3 is 11.1 Å². The lowest BCUT2D eigenvalue weighted by molar-refractivity contribution is -0.124. The van der Waals surface area contributed by atoms with E-state index in [0.29, 0.717) is 30.6 Å². The Morgan fingerprint density at radius 3 is 2.41 bits per heavy atom. The van der Waals surface area contributed by atoms with Crippen molar-refractivity contribution in [2.24, 2.45) is 5.73 Å². The Kier molecular flexibility index (Phi) is 3.09. The topological polar surface area (TPSA) is 58.4 Å². The van der Waals surface area contributed by atoms with Crippen LogP contribution < -0.4 is 11.1 Å². The number of hydrogen-bond donors (Lipinski definition) is 2. The van der Waals surface area contributed by atoms with E-state index in [4.69, 9.17) is 5.73 Å². The molecule has 0 radical (unpaired) electrons. The Bertz CT molecular complexity index is 283. The van der Waals surface area contributed by atoms with Gasteiger partial charge in [-0.25, -0.2) is 0 Å². The molecule has 3 rings (SSSR count). The summed E-state index contributed by atoms with van der Waals surface area (Å²) in [5.74, 6) is 0.222. The fourth-order valence-corrected chi connectivity index (χ4v) is 4.03. The van der Waals surface area contributed by atoms with E-state index in [1.54, 1.807) is 0 Å². The zero-order valence-electron chi connectivity index (χ0n) is 10.4. The normalized spacial score (nSPS) is 43.2. The van der Waals surface area contributed by atoms with Crippen molar-refractivity contribution in [3.05, 3.63) is 0 Å². The Morgan fingerprint density at radius 2 is 1.82 bits per heavy atom. The van der Waals surface area contributed by atoms with E-state index < -0.39 is 0 Å². The third-order valence-corrected chi connectivity index (χ3v) is 4.73. The molecule has 0 aromatic heterocycles. The lowest BCUT2D eigenvalue weighted by Crippen LogP contribution is -2.62. The van der Waals surface area contributed by atoms with Gasteiger partial charge in [-0.2, -0.15) is 0 Å². The molecule has 0 aromatic rings. The third-order valence-electron chi connectivity index (χ3n) is 4.73. The third kappa shape index (κ3) is 2.20. The second-order valence-electron chi connectivity index (χ2n) is 5.91. The van der Waals surface area contributed by atoms with E-state index in [1.807, 2.05) is 0 Å². The number of amides is 1. The van der Waals surface area contributed by atoms with Crippen molar-refractivity contribution in [2.75, 3.05) is 6.54 Å². The Labute approximate surface area is 103 Å². The summed E-state index contributed by atoms with van der Waals surface area (Å²) >= 11 is 0. The van der Waals surface area contributed by atoms with Crippen LogP contribution in [-0.2, 0) is 4.79 Å². The van der Waals surface area contributed by atoms with E-state index in [2.05, 4.69) is 10.2 Å². The van der Waals surface area contributed by atoms with Crippen molar-refractivity contribution in [1.29, 1.82) is 0 Å². The van der Waals surface area contributed by atoms with Crippen LogP contribution in [0.3, 0.4) is 0 Å². The molecular formula is C13H23N3O. The number of nitrogens with two attached hydrogens (primary N) is 1. The van der Waals surface area contributed by atoms with Crippen molar-refractivity contribution in [3.8, 4) is 0 Å². The summed E-state index contributed by atoms with van der Waals surface area (Å²) < 4.78 is 0. The molecule has 1 amide bonds. The number of nitrogens with zero attached hydrogens (tertiary/aromatic N) is 1. The van der Waals surface area contributed by atoms with Crippen LogP contribution in [0.15, 0.2) is 0 Å². The zero-order valence-corrected chi connectivity index (χ0v) is 10.4. The molecule has 2 bridgehead atoms. The molecule has 3 saturated heterocycles. The molecule has 3 aliphatic rings. The maximum Gasteiger partial charge on any atom is 0.220 e. The van der Waals surface area contributed by atoms with Gasteiger partial charge in [0, 0.05) is 37.1 Å². The maximum atomic E-state index is 11.2. The number of hydrogen-bond acceptors (Lipinski definition) is 3. The van der Waals surface area contributed by atoms with Crippen LogP contribution in [0, 0.1) is 0 Å². The number of rotatable bonds is 1. The molecule has 4 nitrogen and oxygen atoms in total. The summed E-state index contributed by atoms with van der Waals surface area (Å²) in [6.07, 6.45) is 8.00. The zero-order chi connectivity index (χ0) is 11.8. The lowest BCUT2D eigenvalue weighted by Gasteiger charge is -2.52. The van der Waals surface area contributed by atoms with Crippen molar-refractivity contribution in [3.63, 3.8) is 0 Å². The molecule has 17 heavy (non-hydrogen) atoms. The highest BCUT2D eigenvalue weighted by Crippen LogP contribution is 2.36. The monoisotopic (exact) mass is 237 g/mol. The van der Waals surface area contributed by atoms with Crippen molar-refractivity contribution in [1.82, 2.24) is 10.2 Å². The number of fused-ring (bicyclic) bond motifs is 2. The highest BCUT2D eigenvalue weighted by molar-refractivity contribution is 5.76. The second-order valence-corrected chi connectivity index (χ2v) is 5.91. The highest BCUT2D eigenvalue weighted by Gasteiger charge is 2.41. The standard InChI is InChI=1S/C13H23N3O/c14-9-6-10-2-1-3-11(7-9)16(10)12-4-5-13(17)15-8-12/h9-12H,1-8,14H2,(H,15,17). The fraction of sp³-hybridized carbons (Fsp3) is 0.923. The van der Waals surface area contributed by atoms with Crippen molar-refractivity contribution >= 4 is 5.91 Å².